The molecule has 110 valence electrons. The van der Waals surface area contributed by atoms with E-state index in [1.54, 1.807) is 0 Å². The molecule has 22 heavy (non-hydrogen) atoms. The summed E-state index contributed by atoms with van der Waals surface area (Å²) in [5.74, 6) is 0. The first kappa shape index (κ1) is 15.0. The van der Waals surface area contributed by atoms with Crippen molar-refractivity contribution in [3.8, 4) is 0 Å². The van der Waals surface area contributed by atoms with Crippen LogP contribution in [0, 0.1) is 13.8 Å². The van der Waals surface area contributed by atoms with Crippen molar-refractivity contribution in [2.75, 3.05) is 0 Å². The van der Waals surface area contributed by atoms with Crippen molar-refractivity contribution in [1.29, 1.82) is 0 Å². The second kappa shape index (κ2) is 6.90. The zero-order valence-electron chi connectivity index (χ0n) is 13.2. The first-order chi connectivity index (χ1) is 10.7. The summed E-state index contributed by atoms with van der Waals surface area (Å²) in [7, 11) is -0.356. The maximum atomic E-state index is 2.34. The summed E-state index contributed by atoms with van der Waals surface area (Å²) in [6.07, 6.45) is 1.10. The molecule has 0 aliphatic carbocycles. The van der Waals surface area contributed by atoms with Gasteiger partial charge in [0.1, 0.15) is 0 Å². The van der Waals surface area contributed by atoms with Crippen molar-refractivity contribution in [3.63, 3.8) is 0 Å². The molecule has 0 aromatic heterocycles. The fourth-order valence-electron chi connectivity index (χ4n) is 2.73. The van der Waals surface area contributed by atoms with E-state index in [0.717, 1.165) is 6.16 Å². The highest BCUT2D eigenvalue weighted by Crippen LogP contribution is 2.38. The fraction of sp³-hybridized carbons (Fsp3) is 0.143. The van der Waals surface area contributed by atoms with Gasteiger partial charge < -0.3 is 0 Å². The van der Waals surface area contributed by atoms with Crippen LogP contribution in [0.3, 0.4) is 0 Å². The molecule has 0 aliphatic heterocycles. The number of hydrogen-bond acceptors (Lipinski definition) is 0. The summed E-state index contributed by atoms with van der Waals surface area (Å²) in [6, 6.07) is 28.8. The van der Waals surface area contributed by atoms with Gasteiger partial charge in [-0.2, -0.15) is 0 Å². The van der Waals surface area contributed by atoms with E-state index in [0.29, 0.717) is 0 Å². The van der Waals surface area contributed by atoms with Gasteiger partial charge in [0.15, 0.2) is 0 Å². The van der Waals surface area contributed by atoms with Crippen LogP contribution in [0.2, 0.25) is 0 Å². The molecule has 0 amide bonds. The largest absolute Gasteiger partial charge is 0.0622 e. The van der Waals surface area contributed by atoms with Crippen LogP contribution in [0.5, 0.6) is 0 Å². The minimum atomic E-state index is -0.356. The second-order valence-electron chi connectivity index (χ2n) is 5.75. The molecule has 0 fully saturated rings. The van der Waals surface area contributed by atoms with Gasteiger partial charge in [0, 0.05) is 6.16 Å². The first-order valence-corrected chi connectivity index (χ1v) is 9.20. The van der Waals surface area contributed by atoms with Gasteiger partial charge in [-0.3, -0.25) is 0 Å². The third-order valence-electron chi connectivity index (χ3n) is 3.80. The van der Waals surface area contributed by atoms with Crippen molar-refractivity contribution in [2.24, 2.45) is 0 Å². The topological polar surface area (TPSA) is 0 Å². The molecule has 0 bridgehead atoms. The molecule has 0 aliphatic rings. The van der Waals surface area contributed by atoms with E-state index in [9.17, 15) is 0 Å². The normalized spacial score (nSPS) is 12.1. The Labute approximate surface area is 134 Å². The first-order valence-electron chi connectivity index (χ1n) is 7.67. The molecule has 0 saturated heterocycles. The van der Waals surface area contributed by atoms with Gasteiger partial charge in [-0.15, -0.1) is 0 Å². The molecule has 0 N–H and O–H groups in total. The molecule has 3 rings (SSSR count). The summed E-state index contributed by atoms with van der Waals surface area (Å²) in [6.45, 7) is 4.34. The predicted molar refractivity (Wildman–Crippen MR) is 98.7 cm³/mol. The fourth-order valence-corrected chi connectivity index (χ4v) is 5.11. The van der Waals surface area contributed by atoms with Crippen LogP contribution in [0.1, 0.15) is 16.7 Å². The third kappa shape index (κ3) is 3.64. The zero-order chi connectivity index (χ0) is 15.4. The Hall–Kier alpha value is -1.91. The monoisotopic (exact) mass is 304 g/mol. The van der Waals surface area contributed by atoms with Crippen molar-refractivity contribution in [1.82, 2.24) is 0 Å². The number of hydrogen-bond donors (Lipinski definition) is 0. The van der Waals surface area contributed by atoms with E-state index >= 15 is 0 Å². The van der Waals surface area contributed by atoms with Crippen LogP contribution in [-0.4, -0.2) is 0 Å². The summed E-state index contributed by atoms with van der Waals surface area (Å²) in [5.41, 5.74) is 4.10. The molecule has 1 unspecified atom stereocenters. The lowest BCUT2D eigenvalue weighted by atomic mass is 10.2. The molecule has 1 atom stereocenters. The Morgan fingerprint density at radius 1 is 0.636 bits per heavy atom. The van der Waals surface area contributed by atoms with E-state index < -0.39 is 0 Å². The van der Waals surface area contributed by atoms with Crippen LogP contribution in [0.4, 0.5) is 0 Å². The average molecular weight is 304 g/mol. The van der Waals surface area contributed by atoms with E-state index in [1.807, 2.05) is 0 Å². The summed E-state index contributed by atoms with van der Waals surface area (Å²) < 4.78 is 0. The maximum Gasteiger partial charge on any atom is 0.000753 e. The van der Waals surface area contributed by atoms with E-state index in [1.165, 1.54) is 27.3 Å². The number of aryl methyl sites for hydroxylation is 2. The highest BCUT2D eigenvalue weighted by Gasteiger charge is 2.14. The molecule has 0 nitrogen and oxygen atoms in total. The Morgan fingerprint density at radius 3 is 1.95 bits per heavy atom. The van der Waals surface area contributed by atoms with Crippen molar-refractivity contribution in [3.05, 3.63) is 95.6 Å². The van der Waals surface area contributed by atoms with Gasteiger partial charge in [-0.05, 0) is 37.9 Å². The van der Waals surface area contributed by atoms with Crippen LogP contribution >= 0.6 is 7.92 Å². The molecular formula is C21H21P. The summed E-state index contributed by atoms with van der Waals surface area (Å²) >= 11 is 0. The quantitative estimate of drug-likeness (QED) is 0.599. The summed E-state index contributed by atoms with van der Waals surface area (Å²) in [5, 5.41) is 2.91. The van der Waals surface area contributed by atoms with E-state index in [4.69, 9.17) is 0 Å². The Balaban J connectivity index is 2.00. The molecule has 3 aromatic carbocycles. The third-order valence-corrected chi connectivity index (χ3v) is 6.31. The highest BCUT2D eigenvalue weighted by molar-refractivity contribution is 7.72. The average Bonchev–Trinajstić information content (AvgIpc) is 2.53. The molecule has 0 saturated carbocycles. The minimum Gasteiger partial charge on any atom is -0.0622 e. The lowest BCUT2D eigenvalue weighted by Crippen LogP contribution is -2.13. The van der Waals surface area contributed by atoms with Crippen molar-refractivity contribution >= 4 is 18.5 Å². The van der Waals surface area contributed by atoms with E-state index in [-0.39, 0.29) is 7.92 Å². The van der Waals surface area contributed by atoms with Crippen LogP contribution < -0.4 is 10.6 Å². The van der Waals surface area contributed by atoms with Crippen molar-refractivity contribution in [2.45, 2.75) is 20.0 Å². The van der Waals surface area contributed by atoms with E-state index in [2.05, 4.69) is 92.7 Å². The number of rotatable bonds is 4. The smallest absolute Gasteiger partial charge is 0.000753 e. The Morgan fingerprint density at radius 2 is 1.27 bits per heavy atom. The Kier molecular flexibility index (Phi) is 4.71. The van der Waals surface area contributed by atoms with Gasteiger partial charge in [0.2, 0.25) is 0 Å². The molecule has 0 radical (unpaired) electrons. The van der Waals surface area contributed by atoms with Gasteiger partial charge in [-0.25, -0.2) is 0 Å². The second-order valence-corrected chi connectivity index (χ2v) is 7.95. The molecule has 1 heteroatoms. The van der Waals surface area contributed by atoms with Gasteiger partial charge >= 0.3 is 0 Å². The lowest BCUT2D eigenvalue weighted by molar-refractivity contribution is 1.35. The molecular weight excluding hydrogens is 283 g/mol. The minimum absolute atomic E-state index is 0.356. The van der Waals surface area contributed by atoms with Crippen LogP contribution in [-0.2, 0) is 6.16 Å². The lowest BCUT2D eigenvalue weighted by Gasteiger charge is -2.19. The van der Waals surface area contributed by atoms with Crippen LogP contribution in [0.25, 0.3) is 0 Å². The maximum absolute atomic E-state index is 2.34. The highest BCUT2D eigenvalue weighted by atomic mass is 31.1. The van der Waals surface area contributed by atoms with Gasteiger partial charge in [0.25, 0.3) is 0 Å². The molecule has 0 heterocycles. The van der Waals surface area contributed by atoms with Crippen molar-refractivity contribution < 1.29 is 0 Å². The predicted octanol–water partition coefficient (Wildman–Crippen LogP) is 4.94. The molecule has 3 aromatic rings. The SMILES string of the molecule is Cc1cccc(CP(c2ccccc2)c2cccc(C)c2)c1. The summed E-state index contributed by atoms with van der Waals surface area (Å²) in [4.78, 5) is 0. The Bertz CT molecular complexity index is 747. The van der Waals surface area contributed by atoms with Crippen LogP contribution in [0.15, 0.2) is 78.9 Å². The molecule has 0 spiro atoms. The van der Waals surface area contributed by atoms with Gasteiger partial charge in [0.05, 0.1) is 0 Å². The number of benzene rings is 3. The zero-order valence-corrected chi connectivity index (χ0v) is 14.1. The standard InChI is InChI=1S/C21H21P/c1-17-8-6-10-19(14-17)16-22(20-11-4-3-5-12-20)21-13-7-9-18(2)15-21/h3-15H,16H2,1-2H3. The van der Waals surface area contributed by atoms with Gasteiger partial charge in [-0.1, -0.05) is 90.0 Å².